The largest absolute Gasteiger partial charge is 0.355 e. The molecule has 4 heteroatoms. The molecule has 4 aromatic carbocycles. The summed E-state index contributed by atoms with van der Waals surface area (Å²) in [5, 5.41) is 2.49. The fourth-order valence-corrected chi connectivity index (χ4v) is 6.46. The molecular formula is C42H36N4+2. The van der Waals surface area contributed by atoms with Gasteiger partial charge in [-0.1, -0.05) is 67.3 Å². The molecule has 1 aromatic heterocycles. The summed E-state index contributed by atoms with van der Waals surface area (Å²) in [5.74, 6) is 0.908. The maximum absolute atomic E-state index is 4.79. The molecule has 7 rings (SSSR count). The summed E-state index contributed by atoms with van der Waals surface area (Å²) in [5.41, 5.74) is 12.7. The zero-order valence-electron chi connectivity index (χ0n) is 26.4. The Hall–Kier alpha value is -5.87. The van der Waals surface area contributed by atoms with Crippen molar-refractivity contribution >= 4 is 51.4 Å². The average Bonchev–Trinajstić information content (AvgIpc) is 3.61. The molecule has 5 aromatic rings. The van der Waals surface area contributed by atoms with Crippen molar-refractivity contribution in [1.29, 1.82) is 0 Å². The minimum absolute atomic E-state index is 0.908. The molecule has 0 unspecified atom stereocenters. The predicted molar refractivity (Wildman–Crippen MR) is 198 cm³/mol. The third-order valence-corrected chi connectivity index (χ3v) is 8.55. The Morgan fingerprint density at radius 2 is 1.54 bits per heavy atom. The fourth-order valence-electron chi connectivity index (χ4n) is 6.46. The van der Waals surface area contributed by atoms with Crippen LogP contribution in [0, 0.1) is 0 Å². The Morgan fingerprint density at radius 1 is 0.783 bits per heavy atom. The number of benzene rings is 4. The molecule has 46 heavy (non-hydrogen) atoms. The molecule has 0 amide bonds. The van der Waals surface area contributed by atoms with Crippen LogP contribution in [0.25, 0.3) is 44.1 Å². The minimum Gasteiger partial charge on any atom is -0.355 e. The number of aromatic amines is 1. The number of hydrogen-bond acceptors (Lipinski definition) is 1. The highest BCUT2D eigenvalue weighted by molar-refractivity contribution is 6.10. The zero-order valence-corrected chi connectivity index (χ0v) is 26.4. The summed E-state index contributed by atoms with van der Waals surface area (Å²) in [7, 11) is 0. The number of hydrogen-bond donors (Lipinski definition) is 1. The molecule has 2 aliphatic heterocycles. The van der Waals surface area contributed by atoms with Crippen LogP contribution in [0.2, 0.25) is 0 Å². The van der Waals surface area contributed by atoms with Crippen molar-refractivity contribution in [2.75, 3.05) is 0 Å². The maximum Gasteiger partial charge on any atom is 0.339 e. The molecule has 0 atom stereocenters. The summed E-state index contributed by atoms with van der Waals surface area (Å²) in [6, 6.07) is 30.7. The Bertz CT molecular complexity index is 2290. The number of para-hydroxylation sites is 2. The van der Waals surface area contributed by atoms with Crippen molar-refractivity contribution in [2.45, 2.75) is 20.8 Å². The van der Waals surface area contributed by atoms with Crippen LogP contribution >= 0.6 is 0 Å². The van der Waals surface area contributed by atoms with Gasteiger partial charge in [-0.2, -0.15) is 9.15 Å². The number of nitrogens with zero attached hydrogens (tertiary/aromatic N) is 3. The number of rotatable bonds is 6. The van der Waals surface area contributed by atoms with E-state index >= 15 is 0 Å². The summed E-state index contributed by atoms with van der Waals surface area (Å²) >= 11 is 0. The predicted octanol–water partition coefficient (Wildman–Crippen LogP) is 10.4. The van der Waals surface area contributed by atoms with Crippen molar-refractivity contribution in [2.24, 2.45) is 4.99 Å². The molecule has 0 radical (unpaired) electrons. The van der Waals surface area contributed by atoms with Gasteiger partial charge < -0.3 is 4.98 Å². The van der Waals surface area contributed by atoms with Gasteiger partial charge in [-0.05, 0) is 91.5 Å². The second kappa shape index (κ2) is 12.3. The fraction of sp³-hybridized carbons (Fsp3) is 0.0714. The maximum atomic E-state index is 4.79. The first-order chi connectivity index (χ1) is 22.7. The lowest BCUT2D eigenvalue weighted by molar-refractivity contribution is -0.430. The summed E-state index contributed by atoms with van der Waals surface area (Å²) in [4.78, 5) is 8.34. The molecule has 0 bridgehead atoms. The van der Waals surface area contributed by atoms with Crippen molar-refractivity contribution in [1.82, 2.24) is 9.56 Å². The molecule has 4 nitrogen and oxygen atoms in total. The van der Waals surface area contributed by atoms with Gasteiger partial charge in [0.15, 0.2) is 11.9 Å². The van der Waals surface area contributed by atoms with Crippen LogP contribution < -0.4 is 4.58 Å². The lowest BCUT2D eigenvalue weighted by atomic mass is 9.98. The quantitative estimate of drug-likeness (QED) is 0.113. The second-order valence-corrected chi connectivity index (χ2v) is 11.2. The summed E-state index contributed by atoms with van der Waals surface area (Å²) in [6.07, 6.45) is 20.2. The van der Waals surface area contributed by atoms with Crippen molar-refractivity contribution in [3.8, 4) is 22.3 Å². The van der Waals surface area contributed by atoms with Crippen LogP contribution in [-0.2, 0) is 0 Å². The lowest BCUT2D eigenvalue weighted by Crippen LogP contribution is -2.33. The molecule has 0 saturated carbocycles. The third-order valence-electron chi connectivity index (χ3n) is 8.55. The smallest absolute Gasteiger partial charge is 0.339 e. The van der Waals surface area contributed by atoms with E-state index in [2.05, 4.69) is 137 Å². The molecule has 1 N–H and O–H groups in total. The molecule has 3 heterocycles. The SMILES string of the molecule is C=C/C=C(\C=C/C)[N+]1=C(N=C/C=C\C)C(=C/C)/C1=C\C=[N+]1c2ccccc2-c2cc(-c3ccc4[nH]c5ccccc5c4c3)ccc21. The monoisotopic (exact) mass is 596 g/mol. The molecule has 0 aliphatic carbocycles. The van der Waals surface area contributed by atoms with E-state index < -0.39 is 0 Å². The van der Waals surface area contributed by atoms with Crippen LogP contribution in [0.4, 0.5) is 11.4 Å². The number of fused-ring (bicyclic) bond motifs is 6. The highest BCUT2D eigenvalue weighted by Gasteiger charge is 2.39. The summed E-state index contributed by atoms with van der Waals surface area (Å²) < 4.78 is 4.48. The Balaban J connectivity index is 1.34. The number of nitrogens with one attached hydrogen (secondary N) is 1. The van der Waals surface area contributed by atoms with Gasteiger partial charge in [-0.15, -0.1) is 0 Å². The van der Waals surface area contributed by atoms with E-state index in [0.29, 0.717) is 0 Å². The molecule has 0 fully saturated rings. The van der Waals surface area contributed by atoms with Gasteiger partial charge >= 0.3 is 5.84 Å². The standard InChI is InChI=1S/C42H36N4/c1-5-9-25-43-42-32(8-4)41(46(42)31(14-6-2)15-7-3)24-26-45-39-19-13-11-17-34(39)36-28-30(21-23-40(36)45)29-20-22-38-35(27-29)33-16-10-12-18-37(33)44-38/h5-28,44H,2H2,1,3-4H3/q+2/b9-5-,15-7-,31-14+,32-8+. The summed E-state index contributed by atoms with van der Waals surface area (Å²) in [6.45, 7) is 10.0. The first-order valence-corrected chi connectivity index (χ1v) is 15.7. The van der Waals surface area contributed by atoms with Gasteiger partial charge in [-0.3, -0.25) is 0 Å². The Morgan fingerprint density at radius 3 is 2.37 bits per heavy atom. The van der Waals surface area contributed by atoms with Crippen LogP contribution in [-0.4, -0.2) is 27.8 Å². The number of aromatic nitrogens is 1. The number of amidine groups is 1. The van der Waals surface area contributed by atoms with Gasteiger partial charge in [0, 0.05) is 33.9 Å². The molecule has 0 spiro atoms. The van der Waals surface area contributed by atoms with E-state index in [4.69, 9.17) is 4.99 Å². The first-order valence-electron chi connectivity index (χ1n) is 15.7. The second-order valence-electron chi connectivity index (χ2n) is 11.2. The third kappa shape index (κ3) is 4.85. The van der Waals surface area contributed by atoms with Gasteiger partial charge in [0.1, 0.15) is 17.5 Å². The highest BCUT2D eigenvalue weighted by Crippen LogP contribution is 2.46. The molecule has 2 aliphatic rings. The topological polar surface area (TPSA) is 34.2 Å². The van der Waals surface area contributed by atoms with E-state index in [9.17, 15) is 0 Å². The van der Waals surface area contributed by atoms with Crippen LogP contribution in [0.15, 0.2) is 162 Å². The molecular weight excluding hydrogens is 560 g/mol. The van der Waals surface area contributed by atoms with Crippen molar-refractivity contribution in [3.05, 3.63) is 157 Å². The van der Waals surface area contributed by atoms with Crippen molar-refractivity contribution < 1.29 is 4.58 Å². The minimum atomic E-state index is 0.908. The Labute approximate surface area is 270 Å². The van der Waals surface area contributed by atoms with E-state index in [1.54, 1.807) is 0 Å². The normalized spacial score (nSPS) is 17.5. The van der Waals surface area contributed by atoms with Crippen LogP contribution in [0.5, 0.6) is 0 Å². The van der Waals surface area contributed by atoms with Gasteiger partial charge in [0.2, 0.25) is 11.4 Å². The van der Waals surface area contributed by atoms with E-state index in [1.165, 1.54) is 33.0 Å². The highest BCUT2D eigenvalue weighted by atomic mass is 15.2. The number of allylic oxidation sites excluding steroid dienone is 8. The van der Waals surface area contributed by atoms with Crippen LogP contribution in [0.3, 0.4) is 0 Å². The lowest BCUT2D eigenvalue weighted by Gasteiger charge is -2.22. The van der Waals surface area contributed by atoms with Gasteiger partial charge in [0.05, 0.1) is 17.2 Å². The van der Waals surface area contributed by atoms with Crippen molar-refractivity contribution in [3.63, 3.8) is 0 Å². The number of aliphatic imine (C=N–C) groups is 1. The average molecular weight is 597 g/mol. The first kappa shape index (κ1) is 28.9. The van der Waals surface area contributed by atoms with Gasteiger partial charge in [-0.25, -0.2) is 0 Å². The van der Waals surface area contributed by atoms with E-state index in [-0.39, 0.29) is 0 Å². The van der Waals surface area contributed by atoms with Gasteiger partial charge in [0.25, 0.3) is 0 Å². The molecule has 0 saturated heterocycles. The van der Waals surface area contributed by atoms with E-state index in [0.717, 1.165) is 45.2 Å². The molecule has 222 valence electrons. The zero-order chi connectivity index (χ0) is 31.6. The Kier molecular flexibility index (Phi) is 7.69. The number of H-pyrrole nitrogens is 1. The van der Waals surface area contributed by atoms with Crippen LogP contribution in [0.1, 0.15) is 20.8 Å². The van der Waals surface area contributed by atoms with E-state index in [1.807, 2.05) is 50.4 Å².